The number of aryl methyl sites for hydroxylation is 1. The van der Waals surface area contributed by atoms with Gasteiger partial charge in [-0.3, -0.25) is 4.79 Å². The molecule has 0 aromatic heterocycles. The number of anilines is 2. The molecule has 0 aliphatic heterocycles. The average molecular weight is 319 g/mol. The van der Waals surface area contributed by atoms with E-state index in [-0.39, 0.29) is 5.91 Å². The molecule has 2 aromatic carbocycles. The minimum Gasteiger partial charge on any atom is -0.497 e. The van der Waals surface area contributed by atoms with Crippen LogP contribution in [0, 0.1) is 6.92 Å². The second-order valence-electron chi connectivity index (χ2n) is 4.92. The third kappa shape index (κ3) is 4.67. The van der Waals surface area contributed by atoms with Crippen molar-refractivity contribution in [3.63, 3.8) is 0 Å². The predicted molar refractivity (Wildman–Crippen MR) is 90.9 cm³/mol. The van der Waals surface area contributed by atoms with Gasteiger partial charge in [0.1, 0.15) is 5.75 Å². The summed E-state index contributed by atoms with van der Waals surface area (Å²) >= 11 is 5.90. The standard InChI is InChI=1S/C17H19ClN2O2/c1-12-10-13(18)6-7-16(12)20-17(21)8-9-19-14-4-3-5-15(11-14)22-2/h3-7,10-11,19H,8-9H2,1-2H3,(H,20,21). The summed E-state index contributed by atoms with van der Waals surface area (Å²) in [6.45, 7) is 2.46. The molecule has 0 saturated heterocycles. The third-order valence-corrected chi connectivity index (χ3v) is 3.45. The first-order chi connectivity index (χ1) is 10.6. The molecular formula is C17H19ClN2O2. The van der Waals surface area contributed by atoms with Crippen molar-refractivity contribution in [3.8, 4) is 5.75 Å². The van der Waals surface area contributed by atoms with Gasteiger partial charge in [0.15, 0.2) is 0 Å². The van der Waals surface area contributed by atoms with E-state index in [9.17, 15) is 4.79 Å². The Labute approximate surface area is 135 Å². The van der Waals surface area contributed by atoms with Crippen molar-refractivity contribution in [1.82, 2.24) is 0 Å². The van der Waals surface area contributed by atoms with Crippen molar-refractivity contribution in [2.24, 2.45) is 0 Å². The first-order valence-electron chi connectivity index (χ1n) is 7.02. The monoisotopic (exact) mass is 318 g/mol. The number of halogens is 1. The van der Waals surface area contributed by atoms with Crippen LogP contribution in [-0.4, -0.2) is 19.6 Å². The van der Waals surface area contributed by atoms with Gasteiger partial charge in [-0.2, -0.15) is 0 Å². The highest BCUT2D eigenvalue weighted by molar-refractivity contribution is 6.30. The number of amides is 1. The minimum atomic E-state index is -0.0409. The van der Waals surface area contributed by atoms with Crippen LogP contribution in [0.15, 0.2) is 42.5 Å². The normalized spacial score (nSPS) is 10.1. The van der Waals surface area contributed by atoms with Crippen LogP contribution in [0.2, 0.25) is 5.02 Å². The predicted octanol–water partition coefficient (Wildman–Crippen LogP) is 4.10. The van der Waals surface area contributed by atoms with Crippen LogP contribution < -0.4 is 15.4 Å². The van der Waals surface area contributed by atoms with Crippen molar-refractivity contribution in [3.05, 3.63) is 53.1 Å². The number of carbonyl (C=O) groups excluding carboxylic acids is 1. The Morgan fingerprint density at radius 3 is 2.77 bits per heavy atom. The van der Waals surface area contributed by atoms with E-state index < -0.39 is 0 Å². The molecule has 2 rings (SSSR count). The van der Waals surface area contributed by atoms with Gasteiger partial charge < -0.3 is 15.4 Å². The number of hydrogen-bond donors (Lipinski definition) is 2. The maximum Gasteiger partial charge on any atom is 0.226 e. The molecule has 0 radical (unpaired) electrons. The summed E-state index contributed by atoms with van der Waals surface area (Å²) in [4.78, 5) is 12.0. The number of nitrogens with one attached hydrogen (secondary N) is 2. The summed E-state index contributed by atoms with van der Waals surface area (Å²) < 4.78 is 5.15. The molecule has 0 aliphatic rings. The maximum absolute atomic E-state index is 12.0. The fourth-order valence-corrected chi connectivity index (χ4v) is 2.26. The highest BCUT2D eigenvalue weighted by Gasteiger charge is 2.05. The first-order valence-corrected chi connectivity index (χ1v) is 7.40. The highest BCUT2D eigenvalue weighted by atomic mass is 35.5. The lowest BCUT2D eigenvalue weighted by Gasteiger charge is -2.10. The molecule has 0 aliphatic carbocycles. The van der Waals surface area contributed by atoms with Gasteiger partial charge in [0.05, 0.1) is 7.11 Å². The molecule has 2 N–H and O–H groups in total. The molecule has 0 bridgehead atoms. The summed E-state index contributed by atoms with van der Waals surface area (Å²) in [5.74, 6) is 0.743. The second-order valence-corrected chi connectivity index (χ2v) is 5.35. The summed E-state index contributed by atoms with van der Waals surface area (Å²) in [6.07, 6.45) is 0.374. The van der Waals surface area contributed by atoms with Gasteiger partial charge in [-0.05, 0) is 42.8 Å². The molecule has 22 heavy (non-hydrogen) atoms. The molecule has 5 heteroatoms. The Morgan fingerprint density at radius 1 is 1.23 bits per heavy atom. The van der Waals surface area contributed by atoms with Gasteiger partial charge in [0.2, 0.25) is 5.91 Å². The van der Waals surface area contributed by atoms with Gasteiger partial charge in [0, 0.05) is 35.4 Å². The van der Waals surface area contributed by atoms with Crippen LogP contribution in [-0.2, 0) is 4.79 Å². The van der Waals surface area contributed by atoms with Gasteiger partial charge in [0.25, 0.3) is 0 Å². The molecule has 1 amide bonds. The Morgan fingerprint density at radius 2 is 2.05 bits per heavy atom. The Hall–Kier alpha value is -2.20. The van der Waals surface area contributed by atoms with Crippen LogP contribution in [0.5, 0.6) is 5.75 Å². The van der Waals surface area contributed by atoms with E-state index >= 15 is 0 Å². The van der Waals surface area contributed by atoms with E-state index in [1.165, 1.54) is 0 Å². The number of hydrogen-bond acceptors (Lipinski definition) is 3. The maximum atomic E-state index is 12.0. The highest BCUT2D eigenvalue weighted by Crippen LogP contribution is 2.20. The van der Waals surface area contributed by atoms with Crippen LogP contribution in [0.4, 0.5) is 11.4 Å². The van der Waals surface area contributed by atoms with Gasteiger partial charge in [-0.15, -0.1) is 0 Å². The summed E-state index contributed by atoms with van der Waals surface area (Å²) in [7, 11) is 1.63. The van der Waals surface area contributed by atoms with Crippen molar-refractivity contribution in [2.75, 3.05) is 24.3 Å². The fourth-order valence-electron chi connectivity index (χ4n) is 2.03. The second kappa shape index (κ2) is 7.71. The lowest BCUT2D eigenvalue weighted by atomic mass is 10.2. The average Bonchev–Trinajstić information content (AvgIpc) is 2.50. The van der Waals surface area contributed by atoms with E-state index in [1.54, 1.807) is 13.2 Å². The number of methoxy groups -OCH3 is 1. The number of benzene rings is 2. The van der Waals surface area contributed by atoms with Crippen LogP contribution in [0.3, 0.4) is 0 Å². The lowest BCUT2D eigenvalue weighted by Crippen LogP contribution is -2.16. The molecule has 0 spiro atoms. The molecule has 0 saturated carbocycles. The zero-order valence-corrected chi connectivity index (χ0v) is 13.4. The molecule has 0 unspecified atom stereocenters. The lowest BCUT2D eigenvalue weighted by molar-refractivity contribution is -0.115. The molecule has 116 valence electrons. The largest absolute Gasteiger partial charge is 0.497 e. The van der Waals surface area contributed by atoms with E-state index in [2.05, 4.69) is 10.6 Å². The molecular weight excluding hydrogens is 300 g/mol. The molecule has 4 nitrogen and oxygen atoms in total. The molecule has 0 fully saturated rings. The minimum absolute atomic E-state index is 0.0409. The molecule has 0 atom stereocenters. The zero-order valence-electron chi connectivity index (χ0n) is 12.7. The Kier molecular flexibility index (Phi) is 5.67. The van der Waals surface area contributed by atoms with Crippen molar-refractivity contribution in [1.29, 1.82) is 0 Å². The summed E-state index contributed by atoms with van der Waals surface area (Å²) in [6, 6.07) is 13.0. The van der Waals surface area contributed by atoms with Gasteiger partial charge in [-0.25, -0.2) is 0 Å². The Bertz CT molecular complexity index is 659. The molecule has 0 heterocycles. The van der Waals surface area contributed by atoms with Crippen LogP contribution in [0.1, 0.15) is 12.0 Å². The SMILES string of the molecule is COc1cccc(NCCC(=O)Nc2ccc(Cl)cc2C)c1. The van der Waals surface area contributed by atoms with Crippen molar-refractivity contribution in [2.45, 2.75) is 13.3 Å². The van der Waals surface area contributed by atoms with Crippen LogP contribution >= 0.6 is 11.6 Å². The van der Waals surface area contributed by atoms with Gasteiger partial charge >= 0.3 is 0 Å². The van der Waals surface area contributed by atoms with E-state index in [0.29, 0.717) is 18.0 Å². The van der Waals surface area contributed by atoms with E-state index in [4.69, 9.17) is 16.3 Å². The number of rotatable bonds is 6. The number of carbonyl (C=O) groups is 1. The number of ether oxygens (including phenoxy) is 1. The van der Waals surface area contributed by atoms with Crippen LogP contribution in [0.25, 0.3) is 0 Å². The van der Waals surface area contributed by atoms with Gasteiger partial charge in [-0.1, -0.05) is 17.7 Å². The van der Waals surface area contributed by atoms with E-state index in [1.807, 2.05) is 43.3 Å². The Balaban J connectivity index is 1.82. The summed E-state index contributed by atoms with van der Waals surface area (Å²) in [5.41, 5.74) is 2.66. The fraction of sp³-hybridized carbons (Fsp3) is 0.235. The first kappa shape index (κ1) is 16.2. The smallest absolute Gasteiger partial charge is 0.226 e. The third-order valence-electron chi connectivity index (χ3n) is 3.21. The topological polar surface area (TPSA) is 50.4 Å². The van der Waals surface area contributed by atoms with E-state index in [0.717, 1.165) is 22.7 Å². The quantitative estimate of drug-likeness (QED) is 0.843. The van der Waals surface area contributed by atoms with Crippen molar-refractivity contribution >= 4 is 28.9 Å². The zero-order chi connectivity index (χ0) is 15.9. The summed E-state index contributed by atoms with van der Waals surface area (Å²) in [5, 5.41) is 6.74. The van der Waals surface area contributed by atoms with Crippen molar-refractivity contribution < 1.29 is 9.53 Å². The molecule has 2 aromatic rings.